The monoisotopic (exact) mass is 288 g/mol. The highest BCUT2D eigenvalue weighted by Gasteiger charge is 2.20. The van der Waals surface area contributed by atoms with Crippen LogP contribution in [0.4, 0.5) is 0 Å². The van der Waals surface area contributed by atoms with Crippen molar-refractivity contribution in [3.05, 3.63) is 41.5 Å². The van der Waals surface area contributed by atoms with Crippen LogP contribution in [0, 0.1) is 0 Å². The van der Waals surface area contributed by atoms with Gasteiger partial charge in [-0.25, -0.2) is 4.79 Å². The highest BCUT2D eigenvalue weighted by Crippen LogP contribution is 2.16. The molecule has 1 saturated heterocycles. The smallest absolute Gasteiger partial charge is 0.328 e. The maximum Gasteiger partial charge on any atom is 0.328 e. The minimum Gasteiger partial charge on any atom is -0.478 e. The van der Waals surface area contributed by atoms with Gasteiger partial charge in [-0.3, -0.25) is 4.90 Å². The summed E-state index contributed by atoms with van der Waals surface area (Å²) in [6, 6.07) is 8.70. The van der Waals surface area contributed by atoms with Crippen molar-refractivity contribution in [1.82, 2.24) is 9.80 Å². The molecule has 114 valence electrons. The molecule has 1 atom stereocenters. The standard InChI is InChI=1S/C17H24N2O2/c1-18-11-3-4-16(13-18)19(2)12-15-7-5-14(6-8-15)9-10-17(20)21/h5-10,16H,3-4,11-13H2,1-2H3,(H,20,21). The van der Waals surface area contributed by atoms with Crippen LogP contribution >= 0.6 is 0 Å². The van der Waals surface area contributed by atoms with Gasteiger partial charge in [0.1, 0.15) is 0 Å². The summed E-state index contributed by atoms with van der Waals surface area (Å²) in [6.07, 6.45) is 5.32. The third-order valence-corrected chi connectivity index (χ3v) is 4.05. The molecule has 0 amide bonds. The second-order valence-electron chi connectivity index (χ2n) is 5.89. The molecule has 1 aliphatic rings. The molecule has 0 aromatic heterocycles. The number of nitrogens with zero attached hydrogens (tertiary/aromatic N) is 2. The van der Waals surface area contributed by atoms with E-state index < -0.39 is 5.97 Å². The number of carboxylic acid groups (broad SMARTS) is 1. The summed E-state index contributed by atoms with van der Waals surface area (Å²) in [5.41, 5.74) is 2.18. The van der Waals surface area contributed by atoms with Crippen LogP contribution in [0.15, 0.2) is 30.3 Å². The number of carboxylic acids is 1. The van der Waals surface area contributed by atoms with E-state index in [-0.39, 0.29) is 0 Å². The molecule has 0 saturated carbocycles. The second-order valence-corrected chi connectivity index (χ2v) is 5.89. The lowest BCUT2D eigenvalue weighted by molar-refractivity contribution is -0.131. The van der Waals surface area contributed by atoms with Crippen molar-refractivity contribution in [3.63, 3.8) is 0 Å². The molecule has 0 spiro atoms. The number of benzene rings is 1. The van der Waals surface area contributed by atoms with Gasteiger partial charge in [-0.15, -0.1) is 0 Å². The van der Waals surface area contributed by atoms with Crippen LogP contribution in [0.25, 0.3) is 6.08 Å². The fourth-order valence-corrected chi connectivity index (χ4v) is 2.82. The van der Waals surface area contributed by atoms with Crippen LogP contribution in [0.2, 0.25) is 0 Å². The van der Waals surface area contributed by atoms with Gasteiger partial charge in [0.25, 0.3) is 0 Å². The van der Waals surface area contributed by atoms with Crippen molar-refractivity contribution < 1.29 is 9.90 Å². The molecular weight excluding hydrogens is 264 g/mol. The zero-order valence-corrected chi connectivity index (χ0v) is 12.8. The van der Waals surface area contributed by atoms with Crippen molar-refractivity contribution in [2.24, 2.45) is 0 Å². The lowest BCUT2D eigenvalue weighted by atomic mass is 10.0. The number of piperidine rings is 1. The number of hydrogen-bond donors (Lipinski definition) is 1. The van der Waals surface area contributed by atoms with Crippen LogP contribution in [0.3, 0.4) is 0 Å². The number of hydrogen-bond acceptors (Lipinski definition) is 3. The molecule has 1 N–H and O–H groups in total. The quantitative estimate of drug-likeness (QED) is 0.845. The number of likely N-dealkylation sites (tertiary alicyclic amines) is 1. The molecule has 1 aliphatic heterocycles. The van der Waals surface area contributed by atoms with Crippen LogP contribution in [0.1, 0.15) is 24.0 Å². The SMILES string of the molecule is CN1CCCC(N(C)Cc2ccc(C=CC(=O)O)cc2)C1. The molecule has 1 unspecified atom stereocenters. The normalized spacial score (nSPS) is 20.2. The lowest BCUT2D eigenvalue weighted by Gasteiger charge is -2.35. The first-order valence-electron chi connectivity index (χ1n) is 7.43. The van der Waals surface area contributed by atoms with Crippen molar-refractivity contribution in [2.45, 2.75) is 25.4 Å². The van der Waals surface area contributed by atoms with Gasteiger partial charge in [-0.2, -0.15) is 0 Å². The topological polar surface area (TPSA) is 43.8 Å². The van der Waals surface area contributed by atoms with Crippen LogP contribution < -0.4 is 0 Å². The summed E-state index contributed by atoms with van der Waals surface area (Å²) in [5, 5.41) is 8.62. The predicted molar refractivity (Wildman–Crippen MR) is 85.1 cm³/mol. The van der Waals surface area contributed by atoms with Gasteiger partial charge in [0, 0.05) is 25.2 Å². The zero-order chi connectivity index (χ0) is 15.2. The molecule has 1 aromatic rings. The molecule has 21 heavy (non-hydrogen) atoms. The van der Waals surface area contributed by atoms with Gasteiger partial charge in [0.15, 0.2) is 0 Å². The van der Waals surface area contributed by atoms with Gasteiger partial charge in [0.05, 0.1) is 0 Å². The van der Waals surface area contributed by atoms with Gasteiger partial charge >= 0.3 is 5.97 Å². The molecular formula is C17H24N2O2. The molecule has 2 rings (SSSR count). The Bertz CT molecular complexity index is 496. The molecule has 0 radical (unpaired) electrons. The third kappa shape index (κ3) is 4.99. The Kier molecular flexibility index (Phi) is 5.53. The fourth-order valence-electron chi connectivity index (χ4n) is 2.82. The first-order chi connectivity index (χ1) is 10.0. The average molecular weight is 288 g/mol. The molecule has 0 bridgehead atoms. The van der Waals surface area contributed by atoms with Crippen molar-refractivity contribution >= 4 is 12.0 Å². The predicted octanol–water partition coefficient (Wildman–Crippen LogP) is 2.31. The first kappa shape index (κ1) is 15.7. The minimum atomic E-state index is -0.916. The fraction of sp³-hybridized carbons (Fsp3) is 0.471. The van der Waals surface area contributed by atoms with E-state index in [1.54, 1.807) is 6.08 Å². The summed E-state index contributed by atoms with van der Waals surface area (Å²) in [4.78, 5) is 15.3. The molecule has 4 heteroatoms. The van der Waals surface area contributed by atoms with E-state index in [0.717, 1.165) is 18.7 Å². The van der Waals surface area contributed by atoms with Gasteiger partial charge < -0.3 is 10.0 Å². The van der Waals surface area contributed by atoms with Gasteiger partial charge in [-0.05, 0) is 50.7 Å². The summed E-state index contributed by atoms with van der Waals surface area (Å²) >= 11 is 0. The molecule has 1 aromatic carbocycles. The maximum atomic E-state index is 10.5. The largest absolute Gasteiger partial charge is 0.478 e. The highest BCUT2D eigenvalue weighted by atomic mass is 16.4. The average Bonchev–Trinajstić information content (AvgIpc) is 2.46. The number of rotatable bonds is 5. The van der Waals surface area contributed by atoms with E-state index in [0.29, 0.717) is 6.04 Å². The summed E-state index contributed by atoms with van der Waals surface area (Å²) in [5.74, 6) is -0.916. The molecule has 0 aliphatic carbocycles. The number of aliphatic carboxylic acids is 1. The van der Waals surface area contributed by atoms with Crippen molar-refractivity contribution in [1.29, 1.82) is 0 Å². The van der Waals surface area contributed by atoms with Crippen LogP contribution in [0.5, 0.6) is 0 Å². The summed E-state index contributed by atoms with van der Waals surface area (Å²) in [7, 11) is 4.37. The minimum absolute atomic E-state index is 0.621. The van der Waals surface area contributed by atoms with E-state index in [9.17, 15) is 4.79 Å². The molecule has 4 nitrogen and oxygen atoms in total. The molecule has 1 fully saturated rings. The highest BCUT2D eigenvalue weighted by molar-refractivity contribution is 5.85. The number of carbonyl (C=O) groups is 1. The Balaban J connectivity index is 1.91. The van der Waals surface area contributed by atoms with Crippen LogP contribution in [-0.4, -0.2) is 54.1 Å². The van der Waals surface area contributed by atoms with Crippen LogP contribution in [-0.2, 0) is 11.3 Å². The zero-order valence-electron chi connectivity index (χ0n) is 12.8. The Morgan fingerprint density at radius 3 is 2.76 bits per heavy atom. The maximum absolute atomic E-state index is 10.5. The van der Waals surface area contributed by atoms with E-state index in [1.807, 2.05) is 12.1 Å². The Morgan fingerprint density at radius 1 is 1.43 bits per heavy atom. The van der Waals surface area contributed by atoms with E-state index in [4.69, 9.17) is 5.11 Å². The van der Waals surface area contributed by atoms with E-state index in [1.165, 1.54) is 31.0 Å². The summed E-state index contributed by atoms with van der Waals surface area (Å²) in [6.45, 7) is 3.27. The van der Waals surface area contributed by atoms with Crippen molar-refractivity contribution in [2.75, 3.05) is 27.2 Å². The van der Waals surface area contributed by atoms with Crippen molar-refractivity contribution in [3.8, 4) is 0 Å². The third-order valence-electron chi connectivity index (χ3n) is 4.05. The summed E-state index contributed by atoms with van der Waals surface area (Å²) < 4.78 is 0. The lowest BCUT2D eigenvalue weighted by Crippen LogP contribution is -2.44. The van der Waals surface area contributed by atoms with Gasteiger partial charge in [0.2, 0.25) is 0 Å². The molecule has 1 heterocycles. The van der Waals surface area contributed by atoms with E-state index in [2.05, 4.69) is 36.0 Å². The Hall–Kier alpha value is -1.65. The second kappa shape index (κ2) is 7.38. The van der Waals surface area contributed by atoms with Gasteiger partial charge in [-0.1, -0.05) is 24.3 Å². The number of likely N-dealkylation sites (N-methyl/N-ethyl adjacent to an activating group) is 2. The Labute approximate surface area is 126 Å². The van der Waals surface area contributed by atoms with E-state index >= 15 is 0 Å². The Morgan fingerprint density at radius 2 is 2.14 bits per heavy atom. The first-order valence-corrected chi connectivity index (χ1v) is 7.43.